The Bertz CT molecular complexity index is 363. The summed E-state index contributed by atoms with van der Waals surface area (Å²) in [5.41, 5.74) is 0.754. The van der Waals surface area contributed by atoms with Gasteiger partial charge in [0.2, 0.25) is 0 Å². The molecule has 0 aliphatic rings. The summed E-state index contributed by atoms with van der Waals surface area (Å²) in [5.74, 6) is -0.645. The Kier molecular flexibility index (Phi) is 4.15. The minimum Gasteiger partial charge on any atom is -0.496 e. The number of ether oxygens (including phenoxy) is 1. The topological polar surface area (TPSA) is 46.5 Å². The second kappa shape index (κ2) is 5.16. The van der Waals surface area contributed by atoms with E-state index in [1.165, 1.54) is 0 Å². The molecule has 0 bridgehead atoms. The van der Waals surface area contributed by atoms with Gasteiger partial charge in [-0.1, -0.05) is 19.1 Å². The summed E-state index contributed by atoms with van der Waals surface area (Å²) in [5, 5.41) is 9.05. The highest BCUT2D eigenvalue weighted by Crippen LogP contribution is 2.34. The van der Waals surface area contributed by atoms with Gasteiger partial charge in [0.15, 0.2) is 0 Å². The molecule has 4 heteroatoms. The number of hydrogen-bond donors (Lipinski definition) is 1. The molecule has 0 saturated heterocycles. The maximum atomic E-state index is 11.0. The first kappa shape index (κ1) is 12.0. The van der Waals surface area contributed by atoms with Gasteiger partial charge in [0.25, 0.3) is 0 Å². The maximum Gasteiger partial charge on any atom is 0.311 e. The summed E-state index contributed by atoms with van der Waals surface area (Å²) in [6.07, 6.45) is 0.557. The zero-order valence-corrected chi connectivity index (χ0v) is 10.2. The van der Waals surface area contributed by atoms with Crippen molar-refractivity contribution in [3.8, 4) is 5.75 Å². The SMILES string of the molecule is CCC(C(=O)O)c1cccc(OC)c1Br. The summed E-state index contributed by atoms with van der Waals surface area (Å²) in [6, 6.07) is 5.39. The highest BCUT2D eigenvalue weighted by Gasteiger charge is 2.21. The molecule has 15 heavy (non-hydrogen) atoms. The van der Waals surface area contributed by atoms with Gasteiger partial charge in [-0.05, 0) is 34.0 Å². The van der Waals surface area contributed by atoms with E-state index < -0.39 is 11.9 Å². The fourth-order valence-corrected chi connectivity index (χ4v) is 2.18. The second-order valence-corrected chi connectivity index (χ2v) is 3.96. The smallest absolute Gasteiger partial charge is 0.311 e. The second-order valence-electron chi connectivity index (χ2n) is 3.16. The molecule has 0 amide bonds. The molecule has 82 valence electrons. The van der Waals surface area contributed by atoms with Crippen LogP contribution in [-0.2, 0) is 4.79 Å². The predicted molar refractivity (Wildman–Crippen MR) is 61.4 cm³/mol. The third kappa shape index (κ3) is 2.50. The van der Waals surface area contributed by atoms with Gasteiger partial charge in [0.05, 0.1) is 17.5 Å². The van der Waals surface area contributed by atoms with Crippen molar-refractivity contribution in [2.24, 2.45) is 0 Å². The molecule has 0 fully saturated rings. The van der Waals surface area contributed by atoms with Crippen molar-refractivity contribution in [2.75, 3.05) is 7.11 Å². The highest BCUT2D eigenvalue weighted by atomic mass is 79.9. The molecule has 1 unspecified atom stereocenters. The van der Waals surface area contributed by atoms with Gasteiger partial charge in [-0.2, -0.15) is 0 Å². The van der Waals surface area contributed by atoms with E-state index in [1.54, 1.807) is 25.3 Å². The average molecular weight is 273 g/mol. The molecule has 0 aromatic heterocycles. The average Bonchev–Trinajstić information content (AvgIpc) is 2.21. The van der Waals surface area contributed by atoms with E-state index >= 15 is 0 Å². The zero-order chi connectivity index (χ0) is 11.4. The summed E-state index contributed by atoms with van der Waals surface area (Å²) in [6.45, 7) is 1.85. The number of benzene rings is 1. The van der Waals surface area contributed by atoms with Gasteiger partial charge in [-0.3, -0.25) is 4.79 Å². The molecular weight excluding hydrogens is 260 g/mol. The Morgan fingerprint density at radius 3 is 2.73 bits per heavy atom. The normalized spacial score (nSPS) is 12.2. The van der Waals surface area contributed by atoms with E-state index in [1.807, 2.05) is 6.92 Å². The van der Waals surface area contributed by atoms with Gasteiger partial charge in [0.1, 0.15) is 5.75 Å². The number of hydrogen-bond acceptors (Lipinski definition) is 2. The molecule has 1 rings (SSSR count). The van der Waals surface area contributed by atoms with Gasteiger partial charge in [0, 0.05) is 0 Å². The van der Waals surface area contributed by atoms with E-state index in [4.69, 9.17) is 9.84 Å². The van der Waals surface area contributed by atoms with Gasteiger partial charge in [-0.15, -0.1) is 0 Å². The Hall–Kier alpha value is -1.03. The Morgan fingerprint density at radius 1 is 1.60 bits per heavy atom. The summed E-state index contributed by atoms with van der Waals surface area (Å²) >= 11 is 3.36. The first-order valence-corrected chi connectivity index (χ1v) is 5.46. The van der Waals surface area contributed by atoms with Gasteiger partial charge < -0.3 is 9.84 Å². The van der Waals surface area contributed by atoms with Crippen molar-refractivity contribution >= 4 is 21.9 Å². The van der Waals surface area contributed by atoms with Gasteiger partial charge >= 0.3 is 5.97 Å². The quantitative estimate of drug-likeness (QED) is 0.917. The summed E-state index contributed by atoms with van der Waals surface area (Å²) in [7, 11) is 1.56. The van der Waals surface area contributed by atoms with Gasteiger partial charge in [-0.25, -0.2) is 0 Å². The van der Waals surface area contributed by atoms with Crippen LogP contribution >= 0.6 is 15.9 Å². The van der Waals surface area contributed by atoms with Crippen molar-refractivity contribution in [3.63, 3.8) is 0 Å². The number of rotatable bonds is 4. The number of methoxy groups -OCH3 is 1. The fourth-order valence-electron chi connectivity index (χ4n) is 1.48. The first-order valence-electron chi connectivity index (χ1n) is 4.67. The maximum absolute atomic E-state index is 11.0. The lowest BCUT2D eigenvalue weighted by molar-refractivity contribution is -0.138. The number of carbonyl (C=O) groups is 1. The lowest BCUT2D eigenvalue weighted by Gasteiger charge is -2.14. The number of halogens is 1. The molecular formula is C11H13BrO3. The van der Waals surface area contributed by atoms with Crippen LogP contribution < -0.4 is 4.74 Å². The molecule has 0 radical (unpaired) electrons. The van der Waals surface area contributed by atoms with Crippen LogP contribution in [0.25, 0.3) is 0 Å². The number of carboxylic acids is 1. The minimum absolute atomic E-state index is 0.491. The van der Waals surface area contributed by atoms with Crippen LogP contribution in [0, 0.1) is 0 Å². The van der Waals surface area contributed by atoms with E-state index in [0.29, 0.717) is 12.2 Å². The van der Waals surface area contributed by atoms with Crippen LogP contribution in [0.1, 0.15) is 24.8 Å². The van der Waals surface area contributed by atoms with Crippen molar-refractivity contribution in [2.45, 2.75) is 19.3 Å². The molecule has 3 nitrogen and oxygen atoms in total. The molecule has 1 N–H and O–H groups in total. The molecule has 0 spiro atoms. The summed E-state index contributed by atoms with van der Waals surface area (Å²) < 4.78 is 5.84. The van der Waals surface area contributed by atoms with Crippen molar-refractivity contribution in [1.29, 1.82) is 0 Å². The first-order chi connectivity index (χ1) is 7.11. The number of aliphatic carboxylic acids is 1. The largest absolute Gasteiger partial charge is 0.496 e. The molecule has 1 aromatic carbocycles. The highest BCUT2D eigenvalue weighted by molar-refractivity contribution is 9.10. The van der Waals surface area contributed by atoms with Crippen molar-refractivity contribution < 1.29 is 14.6 Å². The fraction of sp³-hybridized carbons (Fsp3) is 0.364. The zero-order valence-electron chi connectivity index (χ0n) is 8.66. The Labute approximate surface area is 97.2 Å². The van der Waals surface area contributed by atoms with Crippen molar-refractivity contribution in [3.05, 3.63) is 28.2 Å². The molecule has 0 heterocycles. The van der Waals surface area contributed by atoms with Crippen LogP contribution in [0.15, 0.2) is 22.7 Å². The molecule has 0 saturated carbocycles. The van der Waals surface area contributed by atoms with E-state index in [2.05, 4.69) is 15.9 Å². The van der Waals surface area contributed by atoms with E-state index in [-0.39, 0.29) is 0 Å². The van der Waals surface area contributed by atoms with Crippen LogP contribution in [0.5, 0.6) is 5.75 Å². The van der Waals surface area contributed by atoms with E-state index in [0.717, 1.165) is 10.0 Å². The molecule has 0 aliphatic heterocycles. The predicted octanol–water partition coefficient (Wildman–Crippen LogP) is 3.04. The molecule has 1 atom stereocenters. The Balaban J connectivity index is 3.18. The minimum atomic E-state index is -0.813. The lowest BCUT2D eigenvalue weighted by atomic mass is 9.96. The van der Waals surface area contributed by atoms with Crippen molar-refractivity contribution in [1.82, 2.24) is 0 Å². The Morgan fingerprint density at radius 2 is 2.27 bits per heavy atom. The third-order valence-corrected chi connectivity index (χ3v) is 3.14. The van der Waals surface area contributed by atoms with E-state index in [9.17, 15) is 4.79 Å². The standard InChI is InChI=1S/C11H13BrO3/c1-3-7(11(13)14)8-5-4-6-9(15-2)10(8)12/h4-7H,3H2,1-2H3,(H,13,14). The monoisotopic (exact) mass is 272 g/mol. The van der Waals surface area contributed by atoms with Crippen LogP contribution in [-0.4, -0.2) is 18.2 Å². The lowest BCUT2D eigenvalue weighted by Crippen LogP contribution is -2.11. The molecule has 1 aromatic rings. The molecule has 0 aliphatic carbocycles. The third-order valence-electron chi connectivity index (χ3n) is 2.29. The van der Waals surface area contributed by atoms with Crippen LogP contribution in [0.2, 0.25) is 0 Å². The van der Waals surface area contributed by atoms with Crippen LogP contribution in [0.4, 0.5) is 0 Å². The van der Waals surface area contributed by atoms with Crippen LogP contribution in [0.3, 0.4) is 0 Å². The number of carboxylic acid groups (broad SMARTS) is 1. The summed E-state index contributed by atoms with van der Waals surface area (Å²) in [4.78, 5) is 11.0.